The number of carboxylic acid groups (broad SMARTS) is 2. The molecule has 0 saturated heterocycles. The molecule has 13 nitrogen and oxygen atoms in total. The highest BCUT2D eigenvalue weighted by Crippen LogP contribution is 2.07. The highest BCUT2D eigenvalue weighted by Gasteiger charge is 2.29. The molecule has 1 aromatic rings. The van der Waals surface area contributed by atoms with Crippen LogP contribution in [0.2, 0.25) is 0 Å². The number of carbonyl (C=O) groups is 5. The Hall–Kier alpha value is -3.48. The van der Waals surface area contributed by atoms with Gasteiger partial charge in [0.15, 0.2) is 0 Å². The third-order valence-corrected chi connectivity index (χ3v) is 4.69. The Morgan fingerprint density at radius 1 is 1.00 bits per heavy atom. The summed E-state index contributed by atoms with van der Waals surface area (Å²) in [6.07, 6.45) is 2.65. The Morgan fingerprint density at radius 3 is 2.15 bits per heavy atom. The highest BCUT2D eigenvalue weighted by atomic mass is 16.4. The van der Waals surface area contributed by atoms with Crippen molar-refractivity contribution in [3.8, 4) is 0 Å². The minimum atomic E-state index is -1.25. The van der Waals surface area contributed by atoms with Crippen LogP contribution in [0.3, 0.4) is 0 Å². The van der Waals surface area contributed by atoms with Crippen LogP contribution in [0.25, 0.3) is 0 Å². The Morgan fingerprint density at radius 2 is 1.64 bits per heavy atom. The molecule has 0 saturated carbocycles. The fraction of sp³-hybridized carbons (Fsp3) is 0.600. The molecule has 3 amide bonds. The number of H-pyrrole nitrogens is 1. The Bertz CT molecular complexity index is 827. The fourth-order valence-corrected chi connectivity index (χ4v) is 2.88. The van der Waals surface area contributed by atoms with Gasteiger partial charge in [-0.15, -0.1) is 0 Å². The Kier molecular flexibility index (Phi) is 11.0. The third-order valence-electron chi connectivity index (χ3n) is 4.69. The molecule has 13 heteroatoms. The predicted molar refractivity (Wildman–Crippen MR) is 116 cm³/mol. The van der Waals surface area contributed by atoms with Crippen LogP contribution in [0.15, 0.2) is 12.5 Å². The van der Waals surface area contributed by atoms with E-state index in [2.05, 4.69) is 25.9 Å². The second-order valence-electron chi connectivity index (χ2n) is 8.14. The first-order valence-electron chi connectivity index (χ1n) is 10.5. The number of carboxylic acids is 2. The second kappa shape index (κ2) is 13.2. The van der Waals surface area contributed by atoms with Crippen molar-refractivity contribution in [1.82, 2.24) is 25.9 Å². The van der Waals surface area contributed by atoms with Gasteiger partial charge in [-0.05, 0) is 25.7 Å². The summed E-state index contributed by atoms with van der Waals surface area (Å²) in [7, 11) is 0. The van der Waals surface area contributed by atoms with E-state index in [0.717, 1.165) is 0 Å². The zero-order chi connectivity index (χ0) is 25.1. The number of aliphatic carboxylic acids is 2. The lowest BCUT2D eigenvalue weighted by Crippen LogP contribution is -2.56. The van der Waals surface area contributed by atoms with E-state index in [1.54, 1.807) is 0 Å². The molecule has 0 radical (unpaired) electrons. The van der Waals surface area contributed by atoms with Crippen molar-refractivity contribution >= 4 is 29.7 Å². The molecule has 1 rings (SSSR count). The highest BCUT2D eigenvalue weighted by molar-refractivity contribution is 5.94. The number of aromatic amines is 1. The molecule has 1 aromatic heterocycles. The van der Waals surface area contributed by atoms with Gasteiger partial charge in [-0.2, -0.15) is 0 Å². The lowest BCUT2D eigenvalue weighted by molar-refractivity contribution is -0.142. The van der Waals surface area contributed by atoms with Crippen LogP contribution < -0.4 is 21.7 Å². The molecule has 8 N–H and O–H groups in total. The standard InChI is InChI=1S/C20H32N6O7/c1-10(2)6-14(19(31)26-15(20(32)33)7-12-8-22-9-23-12)25-17(29)11(3)24-18(30)13(21)4-5-16(27)28/h8-11,13-15H,4-7,21H2,1-3H3,(H,22,23)(H,24,30)(H,25,29)(H,26,31)(H,27,28)(H,32,33). The number of carbonyl (C=O) groups excluding carboxylic acids is 3. The number of aromatic nitrogens is 2. The maximum absolute atomic E-state index is 12.8. The average Bonchev–Trinajstić information content (AvgIpc) is 3.23. The number of hydrogen-bond donors (Lipinski definition) is 7. The summed E-state index contributed by atoms with van der Waals surface area (Å²) in [5, 5.41) is 25.5. The van der Waals surface area contributed by atoms with Gasteiger partial charge in [0, 0.05) is 24.7 Å². The first-order valence-corrected chi connectivity index (χ1v) is 10.5. The first kappa shape index (κ1) is 27.6. The zero-order valence-electron chi connectivity index (χ0n) is 18.8. The summed E-state index contributed by atoms with van der Waals surface area (Å²) in [6.45, 7) is 5.05. The molecule has 0 aliphatic rings. The third kappa shape index (κ3) is 10.1. The topological polar surface area (TPSA) is 217 Å². The van der Waals surface area contributed by atoms with Crippen molar-refractivity contribution in [2.75, 3.05) is 0 Å². The Balaban J connectivity index is 2.76. The van der Waals surface area contributed by atoms with Crippen molar-refractivity contribution in [3.63, 3.8) is 0 Å². The molecule has 184 valence electrons. The largest absolute Gasteiger partial charge is 0.481 e. The summed E-state index contributed by atoms with van der Waals surface area (Å²) in [6, 6.07) is -4.45. The summed E-state index contributed by atoms with van der Waals surface area (Å²) in [5.74, 6) is -4.40. The van der Waals surface area contributed by atoms with Crippen molar-refractivity contribution < 1.29 is 34.2 Å². The molecule has 33 heavy (non-hydrogen) atoms. The van der Waals surface area contributed by atoms with Crippen molar-refractivity contribution in [1.29, 1.82) is 0 Å². The van der Waals surface area contributed by atoms with Crippen molar-refractivity contribution in [3.05, 3.63) is 18.2 Å². The normalized spacial score (nSPS) is 14.6. The summed E-state index contributed by atoms with van der Waals surface area (Å²) < 4.78 is 0. The number of nitrogens with one attached hydrogen (secondary N) is 4. The van der Waals surface area contributed by atoms with Gasteiger partial charge in [0.1, 0.15) is 18.1 Å². The summed E-state index contributed by atoms with van der Waals surface area (Å²) in [5.41, 5.74) is 6.15. The first-order chi connectivity index (χ1) is 15.4. The van der Waals surface area contributed by atoms with Gasteiger partial charge in [-0.25, -0.2) is 9.78 Å². The molecule has 0 aromatic carbocycles. The van der Waals surface area contributed by atoms with Crippen LogP contribution in [0, 0.1) is 5.92 Å². The molecular weight excluding hydrogens is 436 g/mol. The number of rotatable bonds is 14. The van der Waals surface area contributed by atoms with Crippen LogP contribution in [0.4, 0.5) is 0 Å². The number of nitrogens with two attached hydrogens (primary N) is 1. The second-order valence-corrected chi connectivity index (χ2v) is 8.14. The van der Waals surface area contributed by atoms with Crippen LogP contribution in [0.5, 0.6) is 0 Å². The quantitative estimate of drug-likeness (QED) is 0.173. The van der Waals surface area contributed by atoms with E-state index < -0.39 is 53.8 Å². The van der Waals surface area contributed by atoms with E-state index in [-0.39, 0.29) is 31.6 Å². The van der Waals surface area contributed by atoms with Gasteiger partial charge < -0.3 is 36.9 Å². The molecule has 1 heterocycles. The number of imidazole rings is 1. The number of amides is 3. The predicted octanol–water partition coefficient (Wildman–Crippen LogP) is -1.25. The van der Waals surface area contributed by atoms with Gasteiger partial charge >= 0.3 is 11.9 Å². The van der Waals surface area contributed by atoms with Crippen LogP contribution >= 0.6 is 0 Å². The maximum Gasteiger partial charge on any atom is 0.326 e. The monoisotopic (exact) mass is 468 g/mol. The van der Waals surface area contributed by atoms with E-state index in [0.29, 0.717) is 5.69 Å². The molecule has 0 aliphatic carbocycles. The van der Waals surface area contributed by atoms with Crippen LogP contribution in [-0.2, 0) is 30.4 Å². The molecular formula is C20H32N6O7. The number of nitrogens with zero attached hydrogens (tertiary/aromatic N) is 1. The minimum absolute atomic E-state index is 0.00808. The van der Waals surface area contributed by atoms with Crippen LogP contribution in [-0.4, -0.2) is 74.0 Å². The van der Waals surface area contributed by atoms with Gasteiger partial charge in [0.2, 0.25) is 17.7 Å². The summed E-state index contributed by atoms with van der Waals surface area (Å²) >= 11 is 0. The van der Waals surface area contributed by atoms with E-state index in [9.17, 15) is 29.1 Å². The van der Waals surface area contributed by atoms with E-state index in [1.165, 1.54) is 19.4 Å². The molecule has 0 spiro atoms. The van der Waals surface area contributed by atoms with E-state index in [1.807, 2.05) is 13.8 Å². The van der Waals surface area contributed by atoms with E-state index >= 15 is 0 Å². The average molecular weight is 469 g/mol. The van der Waals surface area contributed by atoms with Gasteiger partial charge in [0.25, 0.3) is 0 Å². The van der Waals surface area contributed by atoms with Gasteiger partial charge in [-0.3, -0.25) is 19.2 Å². The van der Waals surface area contributed by atoms with Crippen LogP contribution in [0.1, 0.15) is 45.7 Å². The summed E-state index contributed by atoms with van der Waals surface area (Å²) in [4.78, 5) is 66.2. The molecule has 0 fully saturated rings. The SMILES string of the molecule is CC(C)CC(NC(=O)C(C)NC(=O)C(N)CCC(=O)O)C(=O)NC(Cc1cnc[nH]1)C(=O)O. The molecule has 0 bridgehead atoms. The lowest BCUT2D eigenvalue weighted by atomic mass is 10.0. The van der Waals surface area contributed by atoms with Crippen molar-refractivity contribution in [2.24, 2.45) is 11.7 Å². The van der Waals surface area contributed by atoms with Gasteiger partial charge in [0.05, 0.1) is 12.4 Å². The van der Waals surface area contributed by atoms with E-state index in [4.69, 9.17) is 10.8 Å². The molecule has 4 atom stereocenters. The number of hydrogen-bond acceptors (Lipinski definition) is 7. The molecule has 4 unspecified atom stereocenters. The fourth-order valence-electron chi connectivity index (χ4n) is 2.88. The van der Waals surface area contributed by atoms with Gasteiger partial charge in [-0.1, -0.05) is 13.8 Å². The minimum Gasteiger partial charge on any atom is -0.481 e. The van der Waals surface area contributed by atoms with Crippen molar-refractivity contribution in [2.45, 2.75) is 70.6 Å². The Labute approximate surface area is 190 Å². The lowest BCUT2D eigenvalue weighted by Gasteiger charge is -2.24. The molecule has 0 aliphatic heterocycles. The maximum atomic E-state index is 12.8. The zero-order valence-corrected chi connectivity index (χ0v) is 18.8. The smallest absolute Gasteiger partial charge is 0.326 e.